The molecular weight excluding hydrogens is 224 g/mol. The first-order valence-corrected chi connectivity index (χ1v) is 5.28. The van der Waals surface area contributed by atoms with E-state index in [4.69, 9.17) is 14.6 Å². The van der Waals surface area contributed by atoms with Crippen molar-refractivity contribution in [3.8, 4) is 11.5 Å². The van der Waals surface area contributed by atoms with E-state index < -0.39 is 12.1 Å². The first-order chi connectivity index (χ1) is 8.08. The van der Waals surface area contributed by atoms with Crippen LogP contribution in [0.1, 0.15) is 12.5 Å². The predicted octanol–water partition coefficient (Wildman–Crippen LogP) is 1.43. The molecule has 0 saturated carbocycles. The number of aliphatic carboxylic acids is 1. The fourth-order valence-corrected chi connectivity index (χ4v) is 1.52. The lowest BCUT2D eigenvalue weighted by Crippen LogP contribution is -2.26. The second-order valence-corrected chi connectivity index (χ2v) is 3.48. The fourth-order valence-electron chi connectivity index (χ4n) is 1.52. The van der Waals surface area contributed by atoms with Gasteiger partial charge in [0.1, 0.15) is 11.5 Å². The quantitative estimate of drug-likeness (QED) is 0.786. The number of rotatable bonds is 6. The molecule has 0 aliphatic carbocycles. The smallest absolute Gasteiger partial charge is 0.333 e. The van der Waals surface area contributed by atoms with Crippen molar-refractivity contribution in [1.82, 2.24) is 0 Å². The summed E-state index contributed by atoms with van der Waals surface area (Å²) in [7, 11) is 1.47. The van der Waals surface area contributed by atoms with Crippen LogP contribution < -0.4 is 4.74 Å². The molecule has 2 N–H and O–H groups in total. The number of carboxylic acids is 1. The van der Waals surface area contributed by atoms with Crippen molar-refractivity contribution in [2.75, 3.05) is 13.7 Å². The molecule has 5 heteroatoms. The molecule has 0 aliphatic rings. The van der Waals surface area contributed by atoms with E-state index in [9.17, 15) is 9.90 Å². The maximum absolute atomic E-state index is 10.9. The number of carbonyl (C=O) groups is 1. The van der Waals surface area contributed by atoms with Gasteiger partial charge in [-0.3, -0.25) is 0 Å². The molecule has 0 spiro atoms. The highest BCUT2D eigenvalue weighted by Crippen LogP contribution is 2.25. The number of benzene rings is 1. The van der Waals surface area contributed by atoms with Crippen LogP contribution in [0.5, 0.6) is 11.5 Å². The van der Waals surface area contributed by atoms with Crippen molar-refractivity contribution >= 4 is 5.97 Å². The molecule has 0 radical (unpaired) electrons. The van der Waals surface area contributed by atoms with E-state index in [1.165, 1.54) is 19.2 Å². The minimum atomic E-state index is -1.01. The Hall–Kier alpha value is -1.75. The molecule has 1 rings (SSSR count). The van der Waals surface area contributed by atoms with Crippen LogP contribution in [0, 0.1) is 0 Å². The van der Waals surface area contributed by atoms with Crippen molar-refractivity contribution in [2.24, 2.45) is 0 Å². The lowest BCUT2D eigenvalue weighted by molar-refractivity contribution is -0.149. The maximum atomic E-state index is 10.9. The highest BCUT2D eigenvalue weighted by atomic mass is 16.5. The number of hydrogen-bond donors (Lipinski definition) is 2. The number of ether oxygens (including phenoxy) is 2. The van der Waals surface area contributed by atoms with Gasteiger partial charge in [-0.05, 0) is 18.6 Å². The lowest BCUT2D eigenvalue weighted by atomic mass is 10.1. The Morgan fingerprint density at radius 2 is 2.18 bits per heavy atom. The third kappa shape index (κ3) is 3.64. The van der Waals surface area contributed by atoms with Crippen LogP contribution in [0.2, 0.25) is 0 Å². The molecule has 0 fully saturated rings. The molecule has 0 aromatic heterocycles. The van der Waals surface area contributed by atoms with Crippen molar-refractivity contribution in [1.29, 1.82) is 0 Å². The van der Waals surface area contributed by atoms with Crippen LogP contribution >= 0.6 is 0 Å². The Morgan fingerprint density at radius 1 is 1.47 bits per heavy atom. The van der Waals surface area contributed by atoms with E-state index in [1.807, 2.05) is 0 Å². The Labute approximate surface area is 99.6 Å². The van der Waals surface area contributed by atoms with Crippen molar-refractivity contribution < 1.29 is 24.5 Å². The molecule has 1 atom stereocenters. The van der Waals surface area contributed by atoms with Crippen LogP contribution in [-0.2, 0) is 16.0 Å². The lowest BCUT2D eigenvalue weighted by Gasteiger charge is -2.14. The average molecular weight is 240 g/mol. The van der Waals surface area contributed by atoms with Gasteiger partial charge < -0.3 is 19.7 Å². The van der Waals surface area contributed by atoms with Crippen LogP contribution in [0.4, 0.5) is 0 Å². The summed E-state index contributed by atoms with van der Waals surface area (Å²) >= 11 is 0. The summed E-state index contributed by atoms with van der Waals surface area (Å²) in [5, 5.41) is 18.3. The number of aromatic hydroxyl groups is 1. The molecule has 1 aromatic rings. The molecule has 0 aliphatic heterocycles. The van der Waals surface area contributed by atoms with Crippen molar-refractivity contribution in [3.63, 3.8) is 0 Å². The second-order valence-electron chi connectivity index (χ2n) is 3.48. The van der Waals surface area contributed by atoms with Gasteiger partial charge in [-0.2, -0.15) is 0 Å². The zero-order valence-electron chi connectivity index (χ0n) is 9.84. The Balaban J connectivity index is 2.88. The van der Waals surface area contributed by atoms with Gasteiger partial charge in [0.2, 0.25) is 0 Å². The van der Waals surface area contributed by atoms with Gasteiger partial charge in [0.05, 0.1) is 7.11 Å². The third-order valence-corrected chi connectivity index (χ3v) is 2.32. The Bertz CT molecular complexity index is 388. The Kier molecular flexibility index (Phi) is 4.78. The van der Waals surface area contributed by atoms with Gasteiger partial charge in [0, 0.05) is 19.1 Å². The monoisotopic (exact) mass is 240 g/mol. The summed E-state index contributed by atoms with van der Waals surface area (Å²) in [5.41, 5.74) is 0.686. The van der Waals surface area contributed by atoms with Gasteiger partial charge in [-0.25, -0.2) is 4.79 Å². The molecule has 0 heterocycles. The first kappa shape index (κ1) is 13.3. The highest BCUT2D eigenvalue weighted by Gasteiger charge is 2.20. The van der Waals surface area contributed by atoms with Crippen LogP contribution in [0.15, 0.2) is 18.2 Å². The van der Waals surface area contributed by atoms with E-state index in [0.717, 1.165) is 0 Å². The molecular formula is C12H16O5. The molecule has 5 nitrogen and oxygen atoms in total. The Morgan fingerprint density at radius 3 is 2.71 bits per heavy atom. The molecule has 17 heavy (non-hydrogen) atoms. The molecule has 0 saturated heterocycles. The standard InChI is InChI=1S/C12H16O5/c1-3-17-11(12(14)15)6-8-4-5-9(13)7-10(8)16-2/h4-5,7,11,13H,3,6H2,1-2H3,(H,14,15)/t11-/m0/s1. The summed E-state index contributed by atoms with van der Waals surface area (Å²) in [4.78, 5) is 10.9. The van der Waals surface area contributed by atoms with Gasteiger partial charge >= 0.3 is 5.97 Å². The summed E-state index contributed by atoms with van der Waals surface area (Å²) in [5.74, 6) is -0.480. The SMILES string of the molecule is CCO[C@@H](Cc1ccc(O)cc1OC)C(=O)O. The summed E-state index contributed by atoms with van der Waals surface area (Å²) in [6.45, 7) is 2.07. The minimum Gasteiger partial charge on any atom is -0.508 e. The number of carboxylic acid groups (broad SMARTS) is 1. The predicted molar refractivity (Wildman–Crippen MR) is 61.4 cm³/mol. The normalized spacial score (nSPS) is 12.1. The van der Waals surface area contributed by atoms with Crippen molar-refractivity contribution in [2.45, 2.75) is 19.4 Å². The average Bonchev–Trinajstić information content (AvgIpc) is 2.30. The number of phenolic OH excluding ortho intramolecular Hbond substituents is 1. The van der Waals surface area contributed by atoms with E-state index in [2.05, 4.69) is 0 Å². The summed E-state index contributed by atoms with van der Waals surface area (Å²) in [6, 6.07) is 4.56. The van der Waals surface area contributed by atoms with Crippen LogP contribution in [0.25, 0.3) is 0 Å². The van der Waals surface area contributed by atoms with Gasteiger partial charge in [-0.15, -0.1) is 0 Å². The largest absolute Gasteiger partial charge is 0.508 e. The fraction of sp³-hybridized carbons (Fsp3) is 0.417. The molecule has 0 amide bonds. The van der Waals surface area contributed by atoms with E-state index in [0.29, 0.717) is 17.9 Å². The zero-order valence-corrected chi connectivity index (χ0v) is 9.84. The minimum absolute atomic E-state index is 0.0777. The maximum Gasteiger partial charge on any atom is 0.333 e. The number of phenols is 1. The number of hydrogen-bond acceptors (Lipinski definition) is 4. The molecule has 0 bridgehead atoms. The van der Waals surface area contributed by atoms with Gasteiger partial charge in [0.25, 0.3) is 0 Å². The zero-order chi connectivity index (χ0) is 12.8. The van der Waals surface area contributed by atoms with Crippen LogP contribution in [-0.4, -0.2) is 36.0 Å². The van der Waals surface area contributed by atoms with E-state index >= 15 is 0 Å². The third-order valence-electron chi connectivity index (χ3n) is 2.32. The van der Waals surface area contributed by atoms with E-state index in [-0.39, 0.29) is 12.2 Å². The summed E-state index contributed by atoms with van der Waals surface area (Å²) in [6.07, 6.45) is -0.703. The van der Waals surface area contributed by atoms with Crippen molar-refractivity contribution in [3.05, 3.63) is 23.8 Å². The van der Waals surface area contributed by atoms with E-state index in [1.54, 1.807) is 13.0 Å². The summed E-state index contributed by atoms with van der Waals surface area (Å²) < 4.78 is 10.2. The molecule has 94 valence electrons. The topological polar surface area (TPSA) is 76.0 Å². The molecule has 1 aromatic carbocycles. The first-order valence-electron chi connectivity index (χ1n) is 5.28. The number of methoxy groups -OCH3 is 1. The van der Waals surface area contributed by atoms with Gasteiger partial charge in [0.15, 0.2) is 6.10 Å². The van der Waals surface area contributed by atoms with Gasteiger partial charge in [-0.1, -0.05) is 6.07 Å². The second kappa shape index (κ2) is 6.10. The highest BCUT2D eigenvalue weighted by molar-refractivity contribution is 5.73. The van der Waals surface area contributed by atoms with Crippen LogP contribution in [0.3, 0.4) is 0 Å². The molecule has 0 unspecified atom stereocenters.